The van der Waals surface area contributed by atoms with Gasteiger partial charge in [-0.3, -0.25) is 9.36 Å². The van der Waals surface area contributed by atoms with Gasteiger partial charge in [-0.1, -0.05) is 0 Å². The van der Waals surface area contributed by atoms with E-state index in [9.17, 15) is 9.18 Å². The van der Waals surface area contributed by atoms with E-state index in [0.717, 1.165) is 4.57 Å². The molecule has 16 heavy (non-hydrogen) atoms. The zero-order valence-corrected chi connectivity index (χ0v) is 10.9. The molecule has 0 radical (unpaired) electrons. The molecule has 0 saturated heterocycles. The monoisotopic (exact) mass is 304 g/mol. The van der Waals surface area contributed by atoms with E-state index in [1.165, 1.54) is 7.05 Å². The molecule has 0 N–H and O–H groups in total. The van der Waals surface area contributed by atoms with Gasteiger partial charge in [-0.2, -0.15) is 0 Å². The van der Waals surface area contributed by atoms with Crippen molar-refractivity contribution in [3.63, 3.8) is 0 Å². The second-order valence-corrected chi connectivity index (χ2v) is 4.65. The molecule has 0 spiro atoms. The zero-order valence-electron chi connectivity index (χ0n) is 8.51. The van der Waals surface area contributed by atoms with E-state index >= 15 is 0 Å². The Bertz CT molecular complexity index is 654. The van der Waals surface area contributed by atoms with Gasteiger partial charge in [-0.05, 0) is 46.1 Å². The number of benzene rings is 1. The number of aromatic nitrogens is 2. The van der Waals surface area contributed by atoms with Gasteiger partial charge < -0.3 is 0 Å². The highest BCUT2D eigenvalue weighted by atomic mass is 79.9. The summed E-state index contributed by atoms with van der Waals surface area (Å²) in [6.07, 6.45) is 0. The Labute approximate surface area is 104 Å². The molecule has 2 aromatic rings. The van der Waals surface area contributed by atoms with E-state index in [-0.39, 0.29) is 16.2 Å². The summed E-state index contributed by atoms with van der Waals surface area (Å²) in [5.41, 5.74) is 0.147. The van der Waals surface area contributed by atoms with Crippen LogP contribution in [0.15, 0.2) is 15.3 Å². The third-order valence-corrected chi connectivity index (χ3v) is 3.31. The largest absolute Gasteiger partial charge is 0.286 e. The van der Waals surface area contributed by atoms with Gasteiger partial charge in [0.1, 0.15) is 11.2 Å². The molecule has 1 aromatic carbocycles. The first-order valence-electron chi connectivity index (χ1n) is 4.44. The summed E-state index contributed by atoms with van der Waals surface area (Å²) in [5.74, 6) is -0.553. The third kappa shape index (κ3) is 1.55. The van der Waals surface area contributed by atoms with Crippen LogP contribution in [-0.4, -0.2) is 9.55 Å². The van der Waals surface area contributed by atoms with Gasteiger partial charge in [-0.25, -0.2) is 9.37 Å². The molecule has 0 fully saturated rings. The lowest BCUT2D eigenvalue weighted by atomic mass is 10.1. The van der Waals surface area contributed by atoms with E-state index in [4.69, 9.17) is 11.6 Å². The average Bonchev–Trinajstić information content (AvgIpc) is 2.22. The van der Waals surface area contributed by atoms with Crippen molar-refractivity contribution in [3.05, 3.63) is 37.6 Å². The van der Waals surface area contributed by atoms with Crippen LogP contribution in [0.2, 0.25) is 5.28 Å². The lowest BCUT2D eigenvalue weighted by molar-refractivity contribution is 0.627. The smallest absolute Gasteiger partial charge is 0.265 e. The maximum atomic E-state index is 13.8. The predicted molar refractivity (Wildman–Crippen MR) is 64.4 cm³/mol. The molecule has 84 valence electrons. The highest BCUT2D eigenvalue weighted by molar-refractivity contribution is 9.10. The summed E-state index contributed by atoms with van der Waals surface area (Å²) in [5, 5.41) is -0.0137. The Morgan fingerprint density at radius 3 is 2.81 bits per heavy atom. The first-order valence-corrected chi connectivity index (χ1v) is 5.61. The highest BCUT2D eigenvalue weighted by Crippen LogP contribution is 2.25. The first kappa shape index (κ1) is 11.5. The van der Waals surface area contributed by atoms with Crippen LogP contribution in [0.4, 0.5) is 4.39 Å². The molecular weight excluding hydrogens is 298 g/mol. The maximum absolute atomic E-state index is 13.8. The van der Waals surface area contributed by atoms with Crippen LogP contribution in [0.25, 0.3) is 10.9 Å². The Balaban J connectivity index is 3.14. The Kier molecular flexibility index (Phi) is 2.75. The zero-order chi connectivity index (χ0) is 12.0. The molecule has 3 nitrogen and oxygen atoms in total. The van der Waals surface area contributed by atoms with Gasteiger partial charge in [0.15, 0.2) is 0 Å². The average molecular weight is 306 g/mol. The van der Waals surface area contributed by atoms with Gasteiger partial charge in [0.05, 0.1) is 5.52 Å². The Morgan fingerprint density at radius 2 is 2.19 bits per heavy atom. The van der Waals surface area contributed by atoms with Gasteiger partial charge in [-0.15, -0.1) is 0 Å². The summed E-state index contributed by atoms with van der Waals surface area (Å²) in [6, 6.07) is 1.57. The number of aryl methyl sites for hydroxylation is 1. The fourth-order valence-corrected chi connectivity index (χ4v) is 2.26. The topological polar surface area (TPSA) is 34.9 Å². The molecule has 0 unspecified atom stereocenters. The lowest BCUT2D eigenvalue weighted by Gasteiger charge is -2.07. The standard InChI is InChI=1S/C10H7BrClFN2O/c1-4-3-5(11)8-6(7(4)13)9(16)15(2)10(12)14-8/h3H,1-2H3. The molecular formula is C10H7BrClFN2O. The van der Waals surface area contributed by atoms with Crippen LogP contribution in [-0.2, 0) is 7.05 Å². The molecule has 0 aliphatic carbocycles. The molecule has 6 heteroatoms. The molecule has 0 atom stereocenters. The molecule has 0 bridgehead atoms. The van der Waals surface area contributed by atoms with E-state index in [2.05, 4.69) is 20.9 Å². The van der Waals surface area contributed by atoms with Crippen LogP contribution < -0.4 is 5.56 Å². The third-order valence-electron chi connectivity index (χ3n) is 2.37. The predicted octanol–water partition coefficient (Wildman–Crippen LogP) is 2.80. The van der Waals surface area contributed by atoms with Crippen molar-refractivity contribution in [1.29, 1.82) is 0 Å². The number of halogens is 3. The van der Waals surface area contributed by atoms with Crippen molar-refractivity contribution in [1.82, 2.24) is 9.55 Å². The fraction of sp³-hybridized carbons (Fsp3) is 0.200. The molecule has 1 aromatic heterocycles. The van der Waals surface area contributed by atoms with Crippen molar-refractivity contribution < 1.29 is 4.39 Å². The first-order chi connectivity index (χ1) is 7.43. The molecule has 0 saturated carbocycles. The fourth-order valence-electron chi connectivity index (χ4n) is 1.47. The van der Waals surface area contributed by atoms with Crippen LogP contribution in [0.3, 0.4) is 0 Å². The van der Waals surface area contributed by atoms with Crippen LogP contribution in [0, 0.1) is 12.7 Å². The van der Waals surface area contributed by atoms with Gasteiger partial charge in [0.2, 0.25) is 5.28 Å². The minimum atomic E-state index is -0.553. The summed E-state index contributed by atoms with van der Waals surface area (Å²) in [6.45, 7) is 1.59. The second kappa shape index (κ2) is 3.82. The van der Waals surface area contributed by atoms with Crippen LogP contribution >= 0.6 is 27.5 Å². The molecule has 0 aliphatic rings. The lowest BCUT2D eigenvalue weighted by Crippen LogP contribution is -2.20. The normalized spacial score (nSPS) is 11.1. The van der Waals surface area contributed by atoms with E-state index < -0.39 is 11.4 Å². The van der Waals surface area contributed by atoms with Crippen LogP contribution in [0.5, 0.6) is 0 Å². The number of hydrogen-bond donors (Lipinski definition) is 0. The van der Waals surface area contributed by atoms with Crippen LogP contribution in [0.1, 0.15) is 5.56 Å². The minimum absolute atomic E-state index is 0.0291. The maximum Gasteiger partial charge on any atom is 0.265 e. The Morgan fingerprint density at radius 1 is 1.56 bits per heavy atom. The number of fused-ring (bicyclic) bond motifs is 1. The second-order valence-electron chi connectivity index (χ2n) is 3.46. The van der Waals surface area contributed by atoms with Gasteiger partial charge >= 0.3 is 0 Å². The molecule has 2 rings (SSSR count). The number of hydrogen-bond acceptors (Lipinski definition) is 2. The molecule has 1 heterocycles. The quantitative estimate of drug-likeness (QED) is 0.702. The van der Waals surface area contributed by atoms with Gasteiger partial charge in [0.25, 0.3) is 5.56 Å². The van der Waals surface area contributed by atoms with Crippen molar-refractivity contribution in [3.8, 4) is 0 Å². The van der Waals surface area contributed by atoms with Gasteiger partial charge in [0, 0.05) is 11.5 Å². The van der Waals surface area contributed by atoms with E-state index in [1.807, 2.05) is 0 Å². The summed E-state index contributed by atoms with van der Waals surface area (Å²) in [4.78, 5) is 15.8. The number of nitrogens with zero attached hydrogens (tertiary/aromatic N) is 2. The van der Waals surface area contributed by atoms with Crippen molar-refractivity contribution >= 4 is 38.4 Å². The van der Waals surface area contributed by atoms with Crippen molar-refractivity contribution in [2.75, 3.05) is 0 Å². The molecule has 0 aliphatic heterocycles. The SMILES string of the molecule is Cc1cc(Br)c2nc(Cl)n(C)c(=O)c2c1F. The van der Waals surface area contributed by atoms with E-state index in [1.54, 1.807) is 13.0 Å². The summed E-state index contributed by atoms with van der Waals surface area (Å²) >= 11 is 9.00. The highest BCUT2D eigenvalue weighted by Gasteiger charge is 2.15. The summed E-state index contributed by atoms with van der Waals surface area (Å²) < 4.78 is 15.5. The van der Waals surface area contributed by atoms with Crippen molar-refractivity contribution in [2.45, 2.75) is 6.92 Å². The minimum Gasteiger partial charge on any atom is -0.286 e. The Hall–Kier alpha value is -0.940. The number of rotatable bonds is 0. The van der Waals surface area contributed by atoms with Crippen molar-refractivity contribution in [2.24, 2.45) is 7.05 Å². The molecule has 0 amide bonds. The summed E-state index contributed by atoms with van der Waals surface area (Å²) in [7, 11) is 1.45. The van der Waals surface area contributed by atoms with E-state index in [0.29, 0.717) is 10.0 Å².